The number of hydrogen-bond donors (Lipinski definition) is 2. The van der Waals surface area contributed by atoms with E-state index < -0.39 is 0 Å². The van der Waals surface area contributed by atoms with E-state index in [9.17, 15) is 0 Å². The summed E-state index contributed by atoms with van der Waals surface area (Å²) in [5.74, 6) is 3.08. The van der Waals surface area contributed by atoms with Gasteiger partial charge in [-0.2, -0.15) is 0 Å². The number of oxazole rings is 1. The predicted molar refractivity (Wildman–Crippen MR) is 133 cm³/mol. The van der Waals surface area contributed by atoms with Crippen molar-refractivity contribution in [3.8, 4) is 5.75 Å². The van der Waals surface area contributed by atoms with Crippen LogP contribution in [0.5, 0.6) is 5.75 Å². The molecule has 0 aliphatic carbocycles. The Kier molecular flexibility index (Phi) is 8.66. The highest BCUT2D eigenvalue weighted by atomic mass is 127. The zero-order valence-electron chi connectivity index (χ0n) is 18.2. The monoisotopic (exact) mass is 547 g/mol. The molecule has 2 N–H and O–H groups in total. The van der Waals surface area contributed by atoms with E-state index in [0.717, 1.165) is 42.7 Å². The number of hydrogen-bond acceptors (Lipinski definition) is 5. The molecule has 1 aliphatic heterocycles. The molecule has 1 aromatic heterocycles. The molecular weight excluding hydrogens is 517 g/mol. The number of benzene rings is 1. The second kappa shape index (κ2) is 10.6. The van der Waals surface area contributed by atoms with Crippen LogP contribution < -0.4 is 20.3 Å². The van der Waals surface area contributed by atoms with Crippen molar-refractivity contribution in [2.45, 2.75) is 45.2 Å². The maximum Gasteiger partial charge on any atom is 0.213 e. The lowest BCUT2D eigenvalue weighted by atomic mass is 9.94. The average Bonchev–Trinajstić information content (AvgIpc) is 3.34. The molecule has 3 rings (SSSR count). The van der Waals surface area contributed by atoms with Crippen LogP contribution in [0.25, 0.3) is 0 Å². The zero-order chi connectivity index (χ0) is 21.0. The van der Waals surface area contributed by atoms with E-state index in [-0.39, 0.29) is 35.4 Å². The molecule has 1 atom stereocenters. The molecule has 7 nitrogen and oxygen atoms in total. The Morgan fingerprint density at radius 3 is 2.80 bits per heavy atom. The summed E-state index contributed by atoms with van der Waals surface area (Å²) in [5.41, 5.74) is 0.960. The normalized spacial score (nSPS) is 16.9. The van der Waals surface area contributed by atoms with E-state index in [1.807, 2.05) is 18.2 Å². The Balaban J connectivity index is 0.00000320. The van der Waals surface area contributed by atoms with Gasteiger partial charge < -0.3 is 24.7 Å². The molecule has 0 saturated carbocycles. The van der Waals surface area contributed by atoms with Crippen LogP contribution in [0.15, 0.2) is 33.8 Å². The van der Waals surface area contributed by atoms with Crippen molar-refractivity contribution in [2.75, 3.05) is 32.1 Å². The summed E-state index contributed by atoms with van der Waals surface area (Å²) in [4.78, 5) is 11.0. The van der Waals surface area contributed by atoms with Gasteiger partial charge in [0.2, 0.25) is 5.89 Å². The summed E-state index contributed by atoms with van der Waals surface area (Å²) in [6.45, 7) is 8.54. The van der Waals surface area contributed by atoms with Gasteiger partial charge in [-0.05, 0) is 24.6 Å². The van der Waals surface area contributed by atoms with Crippen LogP contribution in [-0.2, 0) is 12.0 Å². The van der Waals surface area contributed by atoms with Crippen LogP contribution in [0.4, 0.5) is 5.69 Å². The Morgan fingerprint density at radius 1 is 1.40 bits per heavy atom. The van der Waals surface area contributed by atoms with Crippen molar-refractivity contribution in [1.82, 2.24) is 15.6 Å². The highest BCUT2D eigenvalue weighted by molar-refractivity contribution is 14.0. The minimum atomic E-state index is -0.0557. The van der Waals surface area contributed by atoms with E-state index in [2.05, 4.69) is 46.3 Å². The number of aliphatic imine (C=N–C) groups is 1. The number of anilines is 1. The van der Waals surface area contributed by atoms with Crippen LogP contribution >= 0.6 is 35.6 Å². The topological polar surface area (TPSA) is 74.9 Å². The minimum Gasteiger partial charge on any atom is -0.495 e. The third-order valence-electron chi connectivity index (χ3n) is 4.93. The molecule has 1 fully saturated rings. The standard InChI is InChI=1S/C21H30ClN5O2.HI/c1-21(2,3)18-11-24-19(29-18)12-25-20(23-4)26-15-8-9-27(13-15)16-10-14(22)6-7-17(16)28-5;/h6-7,10-11,15H,8-9,12-13H2,1-5H3,(H2,23,25,26);1H. The molecule has 30 heavy (non-hydrogen) atoms. The molecule has 2 heterocycles. The van der Waals surface area contributed by atoms with E-state index >= 15 is 0 Å². The molecule has 1 unspecified atom stereocenters. The molecule has 2 aromatic rings. The van der Waals surface area contributed by atoms with Crippen LogP contribution in [0.2, 0.25) is 5.02 Å². The number of rotatable bonds is 5. The SMILES string of the molecule is CN=C(NCc1ncc(C(C)(C)C)o1)NC1CCN(c2cc(Cl)ccc2OC)C1.I. The Morgan fingerprint density at radius 2 is 2.17 bits per heavy atom. The van der Waals surface area contributed by atoms with E-state index in [4.69, 9.17) is 20.8 Å². The smallest absolute Gasteiger partial charge is 0.213 e. The third kappa shape index (κ3) is 6.16. The lowest BCUT2D eigenvalue weighted by Crippen LogP contribution is -2.44. The summed E-state index contributed by atoms with van der Waals surface area (Å²) in [7, 11) is 3.44. The third-order valence-corrected chi connectivity index (χ3v) is 5.17. The van der Waals surface area contributed by atoms with Crippen molar-refractivity contribution in [2.24, 2.45) is 4.99 Å². The first-order valence-electron chi connectivity index (χ1n) is 9.81. The number of aromatic nitrogens is 1. The number of nitrogens with one attached hydrogen (secondary N) is 2. The van der Waals surface area contributed by atoms with Gasteiger partial charge in [-0.1, -0.05) is 32.4 Å². The first kappa shape index (κ1) is 24.6. The summed E-state index contributed by atoms with van der Waals surface area (Å²) >= 11 is 6.18. The lowest BCUT2D eigenvalue weighted by Gasteiger charge is -2.22. The van der Waals surface area contributed by atoms with Gasteiger partial charge in [-0.3, -0.25) is 4.99 Å². The van der Waals surface area contributed by atoms with Crippen molar-refractivity contribution in [1.29, 1.82) is 0 Å². The fraction of sp³-hybridized carbons (Fsp3) is 0.524. The van der Waals surface area contributed by atoms with Gasteiger partial charge in [0.25, 0.3) is 0 Å². The summed E-state index contributed by atoms with van der Waals surface area (Å²) in [6.07, 6.45) is 2.78. The molecule has 1 aliphatic rings. The van der Waals surface area contributed by atoms with Gasteiger partial charge in [0, 0.05) is 36.6 Å². The lowest BCUT2D eigenvalue weighted by molar-refractivity contribution is 0.379. The van der Waals surface area contributed by atoms with Crippen molar-refractivity contribution < 1.29 is 9.15 Å². The molecule has 0 spiro atoms. The van der Waals surface area contributed by atoms with Gasteiger partial charge in [-0.25, -0.2) is 4.98 Å². The largest absolute Gasteiger partial charge is 0.495 e. The molecule has 1 saturated heterocycles. The van der Waals surface area contributed by atoms with Crippen LogP contribution in [0, 0.1) is 0 Å². The van der Waals surface area contributed by atoms with Crippen molar-refractivity contribution in [3.63, 3.8) is 0 Å². The maximum atomic E-state index is 6.18. The van der Waals surface area contributed by atoms with Gasteiger partial charge >= 0.3 is 0 Å². The number of nitrogens with zero attached hydrogens (tertiary/aromatic N) is 3. The number of ether oxygens (including phenoxy) is 1. The van der Waals surface area contributed by atoms with Crippen molar-refractivity contribution >= 4 is 47.2 Å². The van der Waals surface area contributed by atoms with Crippen molar-refractivity contribution in [3.05, 3.63) is 41.1 Å². The van der Waals surface area contributed by atoms with Gasteiger partial charge in [0.05, 0.1) is 25.5 Å². The quantitative estimate of drug-likeness (QED) is 0.332. The summed E-state index contributed by atoms with van der Waals surface area (Å²) < 4.78 is 11.3. The molecule has 166 valence electrons. The Bertz CT molecular complexity index is 865. The molecule has 1 aromatic carbocycles. The zero-order valence-corrected chi connectivity index (χ0v) is 21.2. The van der Waals surface area contributed by atoms with Crippen LogP contribution in [0.3, 0.4) is 0 Å². The highest BCUT2D eigenvalue weighted by Crippen LogP contribution is 2.33. The van der Waals surface area contributed by atoms with E-state index in [1.54, 1.807) is 20.4 Å². The molecule has 0 bridgehead atoms. The second-order valence-electron chi connectivity index (χ2n) is 8.19. The molecular formula is C21H31ClIN5O2. The minimum absolute atomic E-state index is 0. The fourth-order valence-electron chi connectivity index (χ4n) is 3.29. The number of methoxy groups -OCH3 is 1. The Labute approximate surface area is 200 Å². The van der Waals surface area contributed by atoms with Gasteiger partial charge in [-0.15, -0.1) is 24.0 Å². The van der Waals surface area contributed by atoms with Gasteiger partial charge in [0.1, 0.15) is 11.5 Å². The van der Waals surface area contributed by atoms with Gasteiger partial charge in [0.15, 0.2) is 5.96 Å². The predicted octanol–water partition coefficient (Wildman–Crippen LogP) is 4.20. The molecule has 0 amide bonds. The fourth-order valence-corrected chi connectivity index (χ4v) is 3.46. The molecule has 9 heteroatoms. The number of halogens is 2. The van der Waals surface area contributed by atoms with E-state index in [1.165, 1.54) is 0 Å². The maximum absolute atomic E-state index is 6.18. The molecule has 0 radical (unpaired) electrons. The summed E-state index contributed by atoms with van der Waals surface area (Å²) in [6, 6.07) is 5.96. The van der Waals surface area contributed by atoms with Crippen LogP contribution in [-0.4, -0.2) is 44.2 Å². The Hall–Kier alpha value is -1.68. The van der Waals surface area contributed by atoms with E-state index in [0.29, 0.717) is 17.5 Å². The second-order valence-corrected chi connectivity index (χ2v) is 8.62. The number of guanidine groups is 1. The first-order chi connectivity index (χ1) is 13.8. The summed E-state index contributed by atoms with van der Waals surface area (Å²) in [5, 5.41) is 7.46. The first-order valence-corrected chi connectivity index (χ1v) is 10.2. The average molecular weight is 548 g/mol. The van der Waals surface area contributed by atoms with Crippen LogP contribution in [0.1, 0.15) is 38.8 Å². The highest BCUT2D eigenvalue weighted by Gasteiger charge is 2.26.